The van der Waals surface area contributed by atoms with Crippen LogP contribution in [0.15, 0.2) is 52.4 Å². The van der Waals surface area contributed by atoms with Crippen LogP contribution in [-0.4, -0.2) is 25.2 Å². The quantitative estimate of drug-likeness (QED) is 0.531. The van der Waals surface area contributed by atoms with Crippen molar-refractivity contribution in [3.63, 3.8) is 0 Å². The van der Waals surface area contributed by atoms with Crippen LogP contribution in [0.4, 0.5) is 0 Å². The lowest BCUT2D eigenvalue weighted by molar-refractivity contribution is 0.181. The van der Waals surface area contributed by atoms with Crippen molar-refractivity contribution in [2.24, 2.45) is 0 Å². The van der Waals surface area contributed by atoms with Crippen molar-refractivity contribution in [1.29, 1.82) is 0 Å². The molecule has 0 aliphatic rings. The summed E-state index contributed by atoms with van der Waals surface area (Å²) in [5, 5.41) is 10.3. The van der Waals surface area contributed by atoms with Gasteiger partial charge in [0.05, 0.1) is 13.2 Å². The minimum Gasteiger partial charge on any atom is -0.496 e. The molecular formula is C18H19BrO5S. The Labute approximate surface area is 155 Å². The Kier molecular flexibility index (Phi) is 6.05. The summed E-state index contributed by atoms with van der Waals surface area (Å²) in [6.07, 6.45) is 1.12. The van der Waals surface area contributed by atoms with Gasteiger partial charge in [0.25, 0.3) is 10.1 Å². The first-order valence-corrected chi connectivity index (χ1v) is 9.67. The number of rotatable bonds is 6. The van der Waals surface area contributed by atoms with Crippen molar-refractivity contribution in [3.8, 4) is 16.9 Å². The first kappa shape index (κ1) is 19.7. The molecule has 7 heteroatoms. The first-order valence-electron chi connectivity index (χ1n) is 7.44. The minimum absolute atomic E-state index is 0.220. The van der Waals surface area contributed by atoms with Crippen molar-refractivity contribution < 1.29 is 22.8 Å². The van der Waals surface area contributed by atoms with Gasteiger partial charge in [0.1, 0.15) is 10.6 Å². The average Bonchev–Trinajstić information content (AvgIpc) is 2.53. The van der Waals surface area contributed by atoms with Gasteiger partial charge in [0.15, 0.2) is 0 Å². The molecule has 134 valence electrons. The standard InChI is InChI=1S/C18H19BrO5S/c1-4-5-16(20)14-9-12(17(24-3)10-15(14)19)13-8-11(2)6-7-18(13)25(21,22)23/h4,6-10,16,20H,1,5H2,2-3H3,(H,21,22,23). The zero-order chi connectivity index (χ0) is 18.8. The van der Waals surface area contributed by atoms with Gasteiger partial charge >= 0.3 is 0 Å². The van der Waals surface area contributed by atoms with Crippen molar-refractivity contribution in [1.82, 2.24) is 0 Å². The second-order valence-electron chi connectivity index (χ2n) is 5.59. The van der Waals surface area contributed by atoms with Crippen LogP contribution in [0.1, 0.15) is 23.7 Å². The molecule has 0 spiro atoms. The van der Waals surface area contributed by atoms with Crippen LogP contribution in [0, 0.1) is 6.92 Å². The van der Waals surface area contributed by atoms with E-state index in [4.69, 9.17) is 4.74 Å². The number of aryl methyl sites for hydroxylation is 1. The summed E-state index contributed by atoms with van der Waals surface area (Å²) in [7, 11) is -2.96. The topological polar surface area (TPSA) is 83.8 Å². The van der Waals surface area contributed by atoms with Gasteiger partial charge in [-0.05, 0) is 43.2 Å². The van der Waals surface area contributed by atoms with E-state index in [2.05, 4.69) is 22.5 Å². The fourth-order valence-electron chi connectivity index (χ4n) is 2.57. The predicted molar refractivity (Wildman–Crippen MR) is 100 cm³/mol. The van der Waals surface area contributed by atoms with Crippen LogP contribution in [0.3, 0.4) is 0 Å². The largest absolute Gasteiger partial charge is 0.496 e. The summed E-state index contributed by atoms with van der Waals surface area (Å²) < 4.78 is 39.1. The van der Waals surface area contributed by atoms with E-state index in [0.717, 1.165) is 5.56 Å². The lowest BCUT2D eigenvalue weighted by Crippen LogP contribution is -2.04. The monoisotopic (exact) mass is 426 g/mol. The normalized spacial score (nSPS) is 12.7. The van der Waals surface area contributed by atoms with Gasteiger partial charge in [-0.15, -0.1) is 6.58 Å². The number of benzene rings is 2. The van der Waals surface area contributed by atoms with Crippen LogP contribution < -0.4 is 4.74 Å². The number of methoxy groups -OCH3 is 1. The first-order chi connectivity index (χ1) is 11.7. The zero-order valence-corrected chi connectivity index (χ0v) is 16.3. The molecule has 1 atom stereocenters. The van der Waals surface area contributed by atoms with Gasteiger partial charge in [-0.1, -0.05) is 33.6 Å². The smallest absolute Gasteiger partial charge is 0.295 e. The lowest BCUT2D eigenvalue weighted by atomic mass is 9.97. The van der Waals surface area contributed by atoms with Gasteiger partial charge in [-0.3, -0.25) is 4.55 Å². The van der Waals surface area contributed by atoms with Gasteiger partial charge in [0.2, 0.25) is 0 Å². The molecule has 0 bridgehead atoms. The molecule has 0 amide bonds. The molecule has 2 rings (SSSR count). The molecule has 25 heavy (non-hydrogen) atoms. The molecule has 0 radical (unpaired) electrons. The Morgan fingerprint density at radius 3 is 2.52 bits per heavy atom. The Balaban J connectivity index is 2.80. The maximum absolute atomic E-state index is 11.8. The van der Waals surface area contributed by atoms with Crippen molar-refractivity contribution in [2.75, 3.05) is 7.11 Å². The molecular weight excluding hydrogens is 408 g/mol. The molecule has 0 fully saturated rings. The summed E-state index contributed by atoms with van der Waals surface area (Å²) in [6, 6.07) is 7.92. The van der Waals surface area contributed by atoms with E-state index >= 15 is 0 Å². The SMILES string of the molecule is C=CCC(O)c1cc(-c2cc(C)ccc2S(=O)(=O)O)c(OC)cc1Br. The molecule has 0 saturated heterocycles. The van der Waals surface area contributed by atoms with Crippen LogP contribution in [0.2, 0.25) is 0 Å². The number of ether oxygens (including phenoxy) is 1. The highest BCUT2D eigenvalue weighted by Crippen LogP contribution is 2.40. The molecule has 0 aliphatic carbocycles. The van der Waals surface area contributed by atoms with Crippen molar-refractivity contribution >= 4 is 26.0 Å². The molecule has 0 heterocycles. The number of hydrogen-bond acceptors (Lipinski definition) is 4. The Bertz CT molecular complexity index is 906. The molecule has 2 N–H and O–H groups in total. The lowest BCUT2D eigenvalue weighted by Gasteiger charge is -2.18. The fourth-order valence-corrected chi connectivity index (χ4v) is 3.84. The molecule has 2 aromatic carbocycles. The highest BCUT2D eigenvalue weighted by Gasteiger charge is 2.22. The Hall–Kier alpha value is -1.67. The summed E-state index contributed by atoms with van der Waals surface area (Å²) in [5.41, 5.74) is 2.15. The highest BCUT2D eigenvalue weighted by atomic mass is 79.9. The molecule has 0 aromatic heterocycles. The second-order valence-corrected chi connectivity index (χ2v) is 7.83. The van der Waals surface area contributed by atoms with Crippen molar-refractivity contribution in [3.05, 3.63) is 58.6 Å². The van der Waals surface area contributed by atoms with Crippen LogP contribution in [0.5, 0.6) is 5.75 Å². The predicted octanol–water partition coefficient (Wildman–Crippen LogP) is 4.29. The summed E-state index contributed by atoms with van der Waals surface area (Å²) in [6.45, 7) is 5.43. The second kappa shape index (κ2) is 7.70. The Morgan fingerprint density at radius 2 is 1.96 bits per heavy atom. The number of halogens is 1. The number of aliphatic hydroxyl groups is 1. The van der Waals surface area contributed by atoms with E-state index in [9.17, 15) is 18.1 Å². The summed E-state index contributed by atoms with van der Waals surface area (Å²) in [4.78, 5) is -0.220. The summed E-state index contributed by atoms with van der Waals surface area (Å²) in [5.74, 6) is 0.414. The van der Waals surface area contributed by atoms with Crippen LogP contribution >= 0.6 is 15.9 Å². The fraction of sp³-hybridized carbons (Fsp3) is 0.222. The van der Waals surface area contributed by atoms with Gasteiger partial charge in [0, 0.05) is 15.6 Å². The van der Waals surface area contributed by atoms with E-state index in [1.165, 1.54) is 13.2 Å². The summed E-state index contributed by atoms with van der Waals surface area (Å²) >= 11 is 3.40. The number of hydrogen-bond donors (Lipinski definition) is 2. The third kappa shape index (κ3) is 4.30. The van der Waals surface area contributed by atoms with E-state index in [1.54, 1.807) is 30.3 Å². The minimum atomic E-state index is -4.42. The highest BCUT2D eigenvalue weighted by molar-refractivity contribution is 9.10. The van der Waals surface area contributed by atoms with E-state index in [1.807, 2.05) is 6.92 Å². The van der Waals surface area contributed by atoms with E-state index in [0.29, 0.717) is 33.3 Å². The molecule has 5 nitrogen and oxygen atoms in total. The van der Waals surface area contributed by atoms with Crippen molar-refractivity contribution in [2.45, 2.75) is 24.3 Å². The average molecular weight is 427 g/mol. The van der Waals surface area contributed by atoms with Crippen LogP contribution in [0.25, 0.3) is 11.1 Å². The molecule has 2 aromatic rings. The number of aliphatic hydroxyl groups excluding tert-OH is 1. The van der Waals surface area contributed by atoms with Gasteiger partial charge < -0.3 is 9.84 Å². The third-order valence-electron chi connectivity index (χ3n) is 3.77. The maximum Gasteiger partial charge on any atom is 0.295 e. The van der Waals surface area contributed by atoms with E-state index < -0.39 is 16.2 Å². The maximum atomic E-state index is 11.8. The van der Waals surface area contributed by atoms with Crippen LogP contribution in [-0.2, 0) is 10.1 Å². The van der Waals surface area contributed by atoms with Gasteiger partial charge in [-0.2, -0.15) is 8.42 Å². The Morgan fingerprint density at radius 1 is 1.28 bits per heavy atom. The van der Waals surface area contributed by atoms with E-state index in [-0.39, 0.29) is 4.90 Å². The molecule has 0 saturated carbocycles. The zero-order valence-electron chi connectivity index (χ0n) is 13.9. The molecule has 0 aliphatic heterocycles. The van der Waals surface area contributed by atoms with Gasteiger partial charge in [-0.25, -0.2) is 0 Å². The third-order valence-corrected chi connectivity index (χ3v) is 5.37. The molecule has 1 unspecified atom stereocenters.